The maximum Gasteiger partial charge on any atom is 0.0303 e. The van der Waals surface area contributed by atoms with Gasteiger partial charge < -0.3 is 0 Å². The van der Waals surface area contributed by atoms with Crippen molar-refractivity contribution >= 4 is 24.7 Å². The Morgan fingerprint density at radius 2 is 0.933 bits per heavy atom. The smallest absolute Gasteiger partial charge is 0.0303 e. The van der Waals surface area contributed by atoms with Crippen molar-refractivity contribution in [3.05, 3.63) is 144 Å². The fourth-order valence-corrected chi connectivity index (χ4v) is 7.73. The van der Waals surface area contributed by atoms with E-state index in [-0.39, 0.29) is 0 Å². The molecular weight excluding hydrogens is 376 g/mol. The highest BCUT2D eigenvalue weighted by atomic mass is 28.2. The summed E-state index contributed by atoms with van der Waals surface area (Å²) in [5, 5.41) is 1.54. The second-order valence-electron chi connectivity index (χ2n) is 7.79. The van der Waals surface area contributed by atoms with Gasteiger partial charge in [-0.05, 0) is 38.6 Å². The topological polar surface area (TPSA) is 0 Å². The molecule has 0 N–H and O–H groups in total. The first-order valence-electron chi connectivity index (χ1n) is 10.5. The first-order chi connectivity index (χ1) is 14.8. The quantitative estimate of drug-likeness (QED) is 0.328. The lowest BCUT2D eigenvalue weighted by atomic mass is 9.87. The third-order valence-corrected chi connectivity index (χ3v) is 8.79. The molecule has 0 radical (unpaired) electrons. The largest absolute Gasteiger partial charge is 0.0622 e. The Morgan fingerprint density at radius 3 is 1.47 bits per heavy atom. The molecule has 0 nitrogen and oxygen atoms in total. The van der Waals surface area contributed by atoms with Crippen LogP contribution < -0.4 is 0 Å². The lowest BCUT2D eigenvalue weighted by molar-refractivity contribution is 1.21. The first-order valence-corrected chi connectivity index (χ1v) is 12.6. The van der Waals surface area contributed by atoms with Crippen LogP contribution in [0.5, 0.6) is 0 Å². The molecule has 144 valence electrons. The van der Waals surface area contributed by atoms with Crippen LogP contribution in [0, 0.1) is 0 Å². The van der Waals surface area contributed by atoms with E-state index >= 15 is 0 Å². The van der Waals surface area contributed by atoms with Crippen LogP contribution in [0.1, 0.15) is 27.8 Å². The summed E-state index contributed by atoms with van der Waals surface area (Å²) in [5.41, 5.74) is 8.76. The molecule has 30 heavy (non-hydrogen) atoms. The van der Waals surface area contributed by atoms with E-state index in [1.807, 2.05) is 0 Å². The maximum absolute atomic E-state index is 2.49. The zero-order valence-corrected chi connectivity index (χ0v) is 18.1. The highest BCUT2D eigenvalue weighted by Crippen LogP contribution is 2.45. The van der Waals surface area contributed by atoms with E-state index in [1.54, 1.807) is 5.17 Å². The minimum atomic E-state index is -0.887. The molecule has 0 saturated heterocycles. The Bertz CT molecular complexity index is 1200. The van der Waals surface area contributed by atoms with E-state index in [1.165, 1.54) is 33.4 Å². The van der Waals surface area contributed by atoms with Crippen LogP contribution in [0.15, 0.2) is 121 Å². The molecule has 0 aliphatic carbocycles. The summed E-state index contributed by atoms with van der Waals surface area (Å²) in [6, 6.07) is 44.0. The average molecular weight is 401 g/mol. The Hall–Kier alpha value is -3.29. The monoisotopic (exact) mass is 400 g/mol. The molecule has 1 aliphatic heterocycles. The molecule has 1 heteroatoms. The van der Waals surface area contributed by atoms with E-state index in [4.69, 9.17) is 0 Å². The molecule has 4 aromatic rings. The molecule has 0 spiro atoms. The van der Waals surface area contributed by atoms with Gasteiger partial charge in [-0.15, -0.1) is 0 Å². The standard InChI is InChI=1S/C29H24Si/c1-30-28(24-18-10-4-11-19-24)26(22-14-6-2-7-15-22)27(23-16-8-3-9-17-23)29(30)25-20-12-5-13-21-25/h2-21,28H,1H3. The van der Waals surface area contributed by atoms with E-state index in [2.05, 4.69) is 128 Å². The van der Waals surface area contributed by atoms with Crippen molar-refractivity contribution in [3.63, 3.8) is 0 Å². The Balaban J connectivity index is 1.86. The van der Waals surface area contributed by atoms with Gasteiger partial charge in [-0.3, -0.25) is 0 Å². The third-order valence-electron chi connectivity index (χ3n) is 5.98. The van der Waals surface area contributed by atoms with Crippen molar-refractivity contribution < 1.29 is 0 Å². The zero-order valence-electron chi connectivity index (χ0n) is 17.1. The van der Waals surface area contributed by atoms with Crippen LogP contribution in [0.3, 0.4) is 0 Å². The van der Waals surface area contributed by atoms with Crippen LogP contribution in [0.25, 0.3) is 11.1 Å². The molecule has 1 unspecified atom stereocenters. The van der Waals surface area contributed by atoms with Gasteiger partial charge in [0.1, 0.15) is 0 Å². The number of rotatable bonds is 4. The minimum absolute atomic E-state index is 0.420. The average Bonchev–Trinajstić information content (AvgIpc) is 3.14. The van der Waals surface area contributed by atoms with Crippen molar-refractivity contribution in [1.29, 1.82) is 0 Å². The van der Waals surface area contributed by atoms with Gasteiger partial charge in [-0.2, -0.15) is 0 Å². The Kier molecular flexibility index (Phi) is 5.13. The molecule has 0 saturated carbocycles. The summed E-state index contributed by atoms with van der Waals surface area (Å²) in [6.07, 6.45) is 0. The van der Waals surface area contributed by atoms with E-state index in [0.29, 0.717) is 5.54 Å². The van der Waals surface area contributed by atoms with Gasteiger partial charge >= 0.3 is 0 Å². The van der Waals surface area contributed by atoms with Crippen LogP contribution in [-0.2, 0) is 0 Å². The first kappa shape index (κ1) is 18.7. The van der Waals surface area contributed by atoms with Crippen molar-refractivity contribution in [2.24, 2.45) is 0 Å². The highest BCUT2D eigenvalue weighted by Gasteiger charge is 2.34. The molecular formula is C29H24Si. The number of benzene rings is 4. The summed E-state index contributed by atoms with van der Waals surface area (Å²) in [7, 11) is -0.887. The van der Waals surface area contributed by atoms with Gasteiger partial charge in [0.15, 0.2) is 0 Å². The van der Waals surface area contributed by atoms with Crippen LogP contribution in [-0.4, -0.2) is 13.6 Å². The van der Waals surface area contributed by atoms with Gasteiger partial charge in [0, 0.05) is 14.0 Å². The van der Waals surface area contributed by atoms with Crippen LogP contribution in [0.2, 0.25) is 6.55 Å². The lowest BCUT2D eigenvalue weighted by Gasteiger charge is -2.19. The highest BCUT2D eigenvalue weighted by molar-refractivity contribution is 6.86. The van der Waals surface area contributed by atoms with Crippen molar-refractivity contribution in [3.8, 4) is 0 Å². The fourth-order valence-electron chi connectivity index (χ4n) is 4.71. The minimum Gasteiger partial charge on any atom is -0.0622 e. The molecule has 0 fully saturated rings. The van der Waals surface area contributed by atoms with E-state index in [0.717, 1.165) is 0 Å². The molecule has 5 rings (SSSR count). The Morgan fingerprint density at radius 1 is 0.500 bits per heavy atom. The van der Waals surface area contributed by atoms with Gasteiger partial charge in [-0.1, -0.05) is 128 Å². The molecule has 1 atom stereocenters. The maximum atomic E-state index is 2.49. The van der Waals surface area contributed by atoms with Crippen LogP contribution >= 0.6 is 0 Å². The Labute approximate surface area is 180 Å². The fraction of sp³-hybridized carbons (Fsp3) is 0.0690. The number of hydrogen-bond donors (Lipinski definition) is 0. The molecule has 0 aromatic heterocycles. The van der Waals surface area contributed by atoms with Crippen molar-refractivity contribution in [1.82, 2.24) is 0 Å². The normalized spacial score (nSPS) is 16.2. The molecule has 1 aliphatic rings. The third kappa shape index (κ3) is 3.32. The molecule has 0 amide bonds. The predicted octanol–water partition coefficient (Wildman–Crippen LogP) is 6.86. The molecule has 4 aromatic carbocycles. The molecule has 1 heterocycles. The van der Waals surface area contributed by atoms with Crippen LogP contribution in [0.4, 0.5) is 0 Å². The second kappa shape index (κ2) is 8.21. The van der Waals surface area contributed by atoms with E-state index in [9.17, 15) is 0 Å². The van der Waals surface area contributed by atoms with Crippen molar-refractivity contribution in [2.75, 3.05) is 0 Å². The SMILES string of the molecule is C[Si]1=C(c2ccccc2)C(c2ccccc2)=C(c2ccccc2)C1c1ccccc1. The zero-order chi connectivity index (χ0) is 20.3. The number of hydrogen-bond acceptors (Lipinski definition) is 0. The van der Waals surface area contributed by atoms with Gasteiger partial charge in [0.05, 0.1) is 0 Å². The lowest BCUT2D eigenvalue weighted by Crippen LogP contribution is -2.16. The summed E-state index contributed by atoms with van der Waals surface area (Å²) in [5.74, 6) is 0. The second-order valence-corrected chi connectivity index (χ2v) is 10.2. The van der Waals surface area contributed by atoms with Gasteiger partial charge in [0.25, 0.3) is 0 Å². The summed E-state index contributed by atoms with van der Waals surface area (Å²) >= 11 is 0. The van der Waals surface area contributed by atoms with Crippen molar-refractivity contribution in [2.45, 2.75) is 12.1 Å². The van der Waals surface area contributed by atoms with Gasteiger partial charge in [-0.25, -0.2) is 0 Å². The summed E-state index contributed by atoms with van der Waals surface area (Å²) < 4.78 is 0. The van der Waals surface area contributed by atoms with Gasteiger partial charge in [0.2, 0.25) is 0 Å². The van der Waals surface area contributed by atoms with E-state index < -0.39 is 8.41 Å². The molecule has 0 bridgehead atoms. The summed E-state index contributed by atoms with van der Waals surface area (Å²) in [4.78, 5) is 0. The summed E-state index contributed by atoms with van der Waals surface area (Å²) in [6.45, 7) is 2.49. The predicted molar refractivity (Wildman–Crippen MR) is 131 cm³/mol. The number of allylic oxidation sites excluding steroid dienone is 2.